The second-order valence-electron chi connectivity index (χ2n) is 4.34. The number of nitrogens with zero attached hydrogens (tertiary/aromatic N) is 2. The van der Waals surface area contributed by atoms with Gasteiger partial charge in [0.1, 0.15) is 17.8 Å². The fraction of sp³-hybridized carbons (Fsp3) is 0.333. The van der Waals surface area contributed by atoms with E-state index in [0.717, 1.165) is 10.6 Å². The van der Waals surface area contributed by atoms with Crippen LogP contribution in [0.25, 0.3) is 0 Å². The van der Waals surface area contributed by atoms with E-state index in [1.54, 1.807) is 13.0 Å². The van der Waals surface area contributed by atoms with Gasteiger partial charge in [0.2, 0.25) is 18.7 Å². The van der Waals surface area contributed by atoms with Crippen LogP contribution in [0.3, 0.4) is 0 Å². The molecule has 0 spiro atoms. The Morgan fingerprint density at radius 2 is 2.05 bits per heavy atom. The lowest BCUT2D eigenvalue weighted by atomic mass is 10.1. The lowest BCUT2D eigenvalue weighted by Crippen LogP contribution is -2.36. The molecule has 0 fully saturated rings. The number of carbonyl (C=O) groups is 2. The molecule has 9 heteroatoms. The van der Waals surface area contributed by atoms with Crippen molar-refractivity contribution in [2.24, 2.45) is 5.73 Å². The van der Waals surface area contributed by atoms with Gasteiger partial charge in [-0.25, -0.2) is 0 Å². The van der Waals surface area contributed by atoms with Gasteiger partial charge in [-0.05, 0) is 6.92 Å². The number of carbonyl (C=O) groups excluding carboxylic acids is 2. The minimum Gasteiger partial charge on any atom is -0.493 e. The third kappa shape index (κ3) is 3.58. The molecule has 0 bridgehead atoms. The standard InChI is InChI=1S/C12H15N5O4/c1-7(14)4-17-10(20)2-8(9(3-13)12(17)21)11(15-5-18)16-6-19/h2,5-7,11,21H,4,14H2,1H3,(H,15,18)(H,16,19). The van der Waals surface area contributed by atoms with Gasteiger partial charge >= 0.3 is 0 Å². The van der Waals surface area contributed by atoms with Crippen molar-refractivity contribution in [3.8, 4) is 11.9 Å². The first-order valence-electron chi connectivity index (χ1n) is 5.98. The molecule has 0 aliphatic carbocycles. The zero-order valence-electron chi connectivity index (χ0n) is 11.2. The summed E-state index contributed by atoms with van der Waals surface area (Å²) in [7, 11) is 0. The average Bonchev–Trinajstić information content (AvgIpc) is 2.42. The quantitative estimate of drug-likeness (QED) is 0.346. The summed E-state index contributed by atoms with van der Waals surface area (Å²) < 4.78 is 0.950. The molecule has 1 atom stereocenters. The van der Waals surface area contributed by atoms with Crippen LogP contribution in [0.5, 0.6) is 5.88 Å². The molecule has 21 heavy (non-hydrogen) atoms. The smallest absolute Gasteiger partial charge is 0.253 e. The molecule has 1 aromatic rings. The lowest BCUT2D eigenvalue weighted by molar-refractivity contribution is -0.112. The Balaban J connectivity index is 3.47. The Labute approximate surface area is 120 Å². The van der Waals surface area contributed by atoms with Crippen molar-refractivity contribution < 1.29 is 14.7 Å². The normalized spacial score (nSPS) is 11.5. The molecule has 1 unspecified atom stereocenters. The molecule has 0 saturated carbocycles. The zero-order chi connectivity index (χ0) is 16.0. The van der Waals surface area contributed by atoms with Crippen molar-refractivity contribution in [3.63, 3.8) is 0 Å². The van der Waals surface area contributed by atoms with Crippen molar-refractivity contribution in [3.05, 3.63) is 27.5 Å². The summed E-state index contributed by atoms with van der Waals surface area (Å²) in [6.45, 7) is 1.66. The Hall–Kier alpha value is -2.86. The summed E-state index contributed by atoms with van der Waals surface area (Å²) in [5.74, 6) is -0.567. The van der Waals surface area contributed by atoms with Gasteiger partial charge in [-0.15, -0.1) is 0 Å². The van der Waals surface area contributed by atoms with E-state index in [1.807, 2.05) is 0 Å². The molecule has 1 rings (SSSR count). The monoisotopic (exact) mass is 293 g/mol. The Kier molecular flexibility index (Phi) is 5.45. The number of hydrogen-bond acceptors (Lipinski definition) is 6. The zero-order valence-corrected chi connectivity index (χ0v) is 11.2. The highest BCUT2D eigenvalue weighted by Crippen LogP contribution is 2.22. The number of nitrogens with one attached hydrogen (secondary N) is 2. The number of hydrogen-bond donors (Lipinski definition) is 4. The number of amides is 2. The van der Waals surface area contributed by atoms with Gasteiger partial charge < -0.3 is 21.5 Å². The molecule has 5 N–H and O–H groups in total. The van der Waals surface area contributed by atoms with Crippen LogP contribution in [-0.2, 0) is 16.1 Å². The molecule has 112 valence electrons. The molecule has 1 heterocycles. The van der Waals surface area contributed by atoms with Crippen LogP contribution in [0.2, 0.25) is 0 Å². The Bertz CT molecular complexity index is 622. The number of rotatable bonds is 7. The number of nitrogens with two attached hydrogens (primary N) is 1. The first kappa shape index (κ1) is 16.2. The number of aromatic nitrogens is 1. The molecule has 0 aliphatic heterocycles. The van der Waals surface area contributed by atoms with Crippen LogP contribution in [0.15, 0.2) is 10.9 Å². The fourth-order valence-corrected chi connectivity index (χ4v) is 1.82. The van der Waals surface area contributed by atoms with E-state index in [-0.39, 0.29) is 17.7 Å². The number of nitriles is 1. The van der Waals surface area contributed by atoms with Crippen molar-refractivity contribution in [1.82, 2.24) is 15.2 Å². The van der Waals surface area contributed by atoms with Crippen LogP contribution in [0.4, 0.5) is 0 Å². The Morgan fingerprint density at radius 3 is 2.48 bits per heavy atom. The second-order valence-corrected chi connectivity index (χ2v) is 4.34. The maximum Gasteiger partial charge on any atom is 0.253 e. The van der Waals surface area contributed by atoms with Gasteiger partial charge in [0.25, 0.3) is 5.56 Å². The van der Waals surface area contributed by atoms with Gasteiger partial charge in [-0.3, -0.25) is 19.0 Å². The third-order valence-corrected chi connectivity index (χ3v) is 2.68. The molecular weight excluding hydrogens is 278 g/mol. The van der Waals surface area contributed by atoms with Crippen molar-refractivity contribution in [2.75, 3.05) is 0 Å². The first-order valence-corrected chi connectivity index (χ1v) is 5.98. The molecule has 9 nitrogen and oxygen atoms in total. The van der Waals surface area contributed by atoms with E-state index in [1.165, 1.54) is 0 Å². The maximum atomic E-state index is 12.0. The summed E-state index contributed by atoms with van der Waals surface area (Å²) in [6, 6.07) is 2.38. The predicted octanol–water partition coefficient (Wildman–Crippen LogP) is -1.74. The van der Waals surface area contributed by atoms with Crippen molar-refractivity contribution in [1.29, 1.82) is 5.26 Å². The predicted molar refractivity (Wildman–Crippen MR) is 71.9 cm³/mol. The summed E-state index contributed by atoms with van der Waals surface area (Å²) in [5.41, 5.74) is 4.72. The molecule has 1 aromatic heterocycles. The molecule has 0 aromatic carbocycles. The Morgan fingerprint density at radius 1 is 1.48 bits per heavy atom. The maximum absolute atomic E-state index is 12.0. The lowest BCUT2D eigenvalue weighted by Gasteiger charge is -2.19. The summed E-state index contributed by atoms with van der Waals surface area (Å²) in [4.78, 5) is 33.0. The van der Waals surface area contributed by atoms with E-state index in [4.69, 9.17) is 11.0 Å². The van der Waals surface area contributed by atoms with Crippen molar-refractivity contribution in [2.45, 2.75) is 25.7 Å². The van der Waals surface area contributed by atoms with Gasteiger partial charge in [0.15, 0.2) is 0 Å². The summed E-state index contributed by atoms with van der Waals surface area (Å²) >= 11 is 0. The summed E-state index contributed by atoms with van der Waals surface area (Å²) in [6.07, 6.45) is -0.502. The number of pyridine rings is 1. The van der Waals surface area contributed by atoms with E-state index in [9.17, 15) is 19.5 Å². The van der Waals surface area contributed by atoms with Gasteiger partial charge in [-0.1, -0.05) is 0 Å². The summed E-state index contributed by atoms with van der Waals surface area (Å²) in [5, 5.41) is 23.6. The molecule has 2 amide bonds. The highest BCUT2D eigenvalue weighted by molar-refractivity contribution is 5.55. The van der Waals surface area contributed by atoms with E-state index < -0.39 is 23.6 Å². The SMILES string of the molecule is CC(N)Cn1c(O)c(C#N)c(C(NC=O)NC=O)cc1=O. The molecule has 0 aliphatic rings. The van der Waals surface area contributed by atoms with Crippen LogP contribution in [-0.4, -0.2) is 28.5 Å². The van der Waals surface area contributed by atoms with E-state index >= 15 is 0 Å². The number of aromatic hydroxyl groups is 1. The second kappa shape index (κ2) is 7.06. The first-order chi connectivity index (χ1) is 9.96. The molecular formula is C12H15N5O4. The van der Waals surface area contributed by atoms with Crippen LogP contribution in [0, 0.1) is 11.3 Å². The third-order valence-electron chi connectivity index (χ3n) is 2.68. The van der Waals surface area contributed by atoms with Crippen molar-refractivity contribution >= 4 is 12.8 Å². The topological polar surface area (TPSA) is 150 Å². The average molecular weight is 293 g/mol. The highest BCUT2D eigenvalue weighted by atomic mass is 16.3. The molecule has 0 saturated heterocycles. The van der Waals surface area contributed by atoms with Crippen LogP contribution in [0.1, 0.15) is 24.2 Å². The largest absolute Gasteiger partial charge is 0.493 e. The molecule has 0 radical (unpaired) electrons. The van der Waals surface area contributed by atoms with E-state index in [2.05, 4.69) is 10.6 Å². The van der Waals surface area contributed by atoms with Gasteiger partial charge in [0, 0.05) is 24.2 Å². The van der Waals surface area contributed by atoms with Crippen LogP contribution >= 0.6 is 0 Å². The minimum atomic E-state index is -1.10. The van der Waals surface area contributed by atoms with E-state index in [0.29, 0.717) is 12.8 Å². The fourth-order valence-electron chi connectivity index (χ4n) is 1.82. The highest BCUT2D eigenvalue weighted by Gasteiger charge is 2.21. The van der Waals surface area contributed by atoms with Crippen LogP contribution < -0.4 is 21.9 Å². The van der Waals surface area contributed by atoms with Gasteiger partial charge in [-0.2, -0.15) is 5.26 Å². The minimum absolute atomic E-state index is 0.0138. The van der Waals surface area contributed by atoms with Gasteiger partial charge in [0.05, 0.1) is 0 Å².